The Hall–Kier alpha value is -1.59. The van der Waals surface area contributed by atoms with Gasteiger partial charge in [-0.3, -0.25) is 10.2 Å². The second-order valence-electron chi connectivity index (χ2n) is 4.00. The van der Waals surface area contributed by atoms with Crippen molar-refractivity contribution in [2.24, 2.45) is 0 Å². The Morgan fingerprint density at radius 1 is 1.39 bits per heavy atom. The van der Waals surface area contributed by atoms with Crippen molar-refractivity contribution in [1.29, 1.82) is 0 Å². The molecule has 0 atom stereocenters. The number of morpholine rings is 1. The van der Waals surface area contributed by atoms with Gasteiger partial charge in [0.25, 0.3) is 0 Å². The van der Waals surface area contributed by atoms with E-state index >= 15 is 0 Å². The highest BCUT2D eigenvalue weighted by molar-refractivity contribution is 5.84. The summed E-state index contributed by atoms with van der Waals surface area (Å²) in [5.41, 5.74) is 0.713. The number of rotatable bonds is 4. The smallest absolute Gasteiger partial charge is 0.411 e. The summed E-state index contributed by atoms with van der Waals surface area (Å²) < 4.78 is 10.3. The molecule has 0 saturated carbocycles. The molecule has 1 N–H and O–H groups in total. The molecule has 1 amide bonds. The van der Waals surface area contributed by atoms with Gasteiger partial charge in [-0.05, 0) is 18.2 Å². The second kappa shape index (κ2) is 6.98. The number of amides is 1. The van der Waals surface area contributed by atoms with Gasteiger partial charge in [-0.1, -0.05) is 12.1 Å². The van der Waals surface area contributed by atoms with Crippen LogP contribution in [0.5, 0.6) is 0 Å². The van der Waals surface area contributed by atoms with Gasteiger partial charge in [-0.2, -0.15) is 0 Å². The maximum absolute atomic E-state index is 11.5. The van der Waals surface area contributed by atoms with Gasteiger partial charge in [0.2, 0.25) is 0 Å². The number of hydrogen-bond donors (Lipinski definition) is 1. The lowest BCUT2D eigenvalue weighted by Crippen LogP contribution is -2.38. The van der Waals surface area contributed by atoms with E-state index in [2.05, 4.69) is 16.3 Å². The van der Waals surface area contributed by atoms with Crippen molar-refractivity contribution in [3.8, 4) is 0 Å². The predicted octanol–water partition coefficient (Wildman–Crippen LogP) is 1.37. The predicted molar refractivity (Wildman–Crippen MR) is 67.5 cm³/mol. The van der Waals surface area contributed by atoms with E-state index in [1.807, 2.05) is 0 Å². The summed E-state index contributed by atoms with van der Waals surface area (Å²) in [4.78, 5) is 13.7. The first-order valence-corrected chi connectivity index (χ1v) is 6.04. The maximum Gasteiger partial charge on any atom is 0.411 e. The van der Waals surface area contributed by atoms with Crippen LogP contribution in [0, 0.1) is 6.07 Å². The molecular weight excluding hydrogens is 232 g/mol. The highest BCUT2D eigenvalue weighted by Gasteiger charge is 2.10. The first kappa shape index (κ1) is 12.9. The third-order valence-electron chi connectivity index (χ3n) is 2.71. The minimum Gasteiger partial charge on any atom is -0.448 e. The summed E-state index contributed by atoms with van der Waals surface area (Å²) in [6.45, 7) is 4.46. The van der Waals surface area contributed by atoms with Crippen LogP contribution in [0.15, 0.2) is 24.3 Å². The molecule has 97 valence electrons. The molecule has 2 rings (SSSR count). The van der Waals surface area contributed by atoms with Crippen LogP contribution in [0.3, 0.4) is 0 Å². The number of benzene rings is 1. The second-order valence-corrected chi connectivity index (χ2v) is 4.00. The lowest BCUT2D eigenvalue weighted by Gasteiger charge is -2.26. The van der Waals surface area contributed by atoms with E-state index in [1.165, 1.54) is 0 Å². The van der Waals surface area contributed by atoms with Crippen molar-refractivity contribution in [2.75, 3.05) is 44.8 Å². The summed E-state index contributed by atoms with van der Waals surface area (Å²) in [6.07, 6.45) is -0.422. The molecule has 0 aromatic heterocycles. The van der Waals surface area contributed by atoms with Crippen LogP contribution in [-0.2, 0) is 9.47 Å². The van der Waals surface area contributed by atoms with Gasteiger partial charge in [-0.15, -0.1) is 0 Å². The van der Waals surface area contributed by atoms with Gasteiger partial charge in [-0.25, -0.2) is 4.79 Å². The van der Waals surface area contributed by atoms with Crippen molar-refractivity contribution >= 4 is 11.8 Å². The van der Waals surface area contributed by atoms with E-state index in [0.717, 1.165) is 32.8 Å². The molecule has 1 aromatic rings. The SMILES string of the molecule is O=C(Nc1cc[c]cc1)OCCN1CCOCC1. The molecule has 18 heavy (non-hydrogen) atoms. The zero-order valence-corrected chi connectivity index (χ0v) is 10.2. The molecule has 0 aliphatic carbocycles. The number of anilines is 1. The number of nitrogens with zero attached hydrogens (tertiary/aromatic N) is 1. The third-order valence-corrected chi connectivity index (χ3v) is 2.71. The van der Waals surface area contributed by atoms with E-state index < -0.39 is 6.09 Å². The lowest BCUT2D eigenvalue weighted by atomic mass is 10.3. The first-order chi connectivity index (χ1) is 8.84. The van der Waals surface area contributed by atoms with Gasteiger partial charge < -0.3 is 9.47 Å². The average molecular weight is 249 g/mol. The minimum absolute atomic E-state index is 0.394. The fourth-order valence-corrected chi connectivity index (χ4v) is 1.72. The summed E-state index contributed by atoms with van der Waals surface area (Å²) >= 11 is 0. The van der Waals surface area contributed by atoms with Gasteiger partial charge in [0.1, 0.15) is 6.61 Å². The fourth-order valence-electron chi connectivity index (χ4n) is 1.72. The van der Waals surface area contributed by atoms with Crippen LogP contribution < -0.4 is 5.32 Å². The lowest BCUT2D eigenvalue weighted by molar-refractivity contribution is 0.0290. The van der Waals surface area contributed by atoms with Crippen LogP contribution in [0.4, 0.5) is 10.5 Å². The molecule has 5 nitrogen and oxygen atoms in total. The Bertz CT molecular complexity index is 364. The zero-order valence-electron chi connectivity index (χ0n) is 10.2. The van der Waals surface area contributed by atoms with Crippen molar-refractivity contribution in [3.63, 3.8) is 0 Å². The highest BCUT2D eigenvalue weighted by atomic mass is 16.5. The van der Waals surface area contributed by atoms with Crippen LogP contribution >= 0.6 is 0 Å². The molecule has 1 heterocycles. The van der Waals surface area contributed by atoms with Gasteiger partial charge >= 0.3 is 6.09 Å². The van der Waals surface area contributed by atoms with E-state index in [-0.39, 0.29) is 0 Å². The summed E-state index contributed by atoms with van der Waals surface area (Å²) in [5, 5.41) is 2.66. The van der Waals surface area contributed by atoms with Crippen LogP contribution in [0.25, 0.3) is 0 Å². The number of nitrogens with one attached hydrogen (secondary N) is 1. The topological polar surface area (TPSA) is 50.8 Å². The summed E-state index contributed by atoms with van der Waals surface area (Å²) in [7, 11) is 0. The fraction of sp³-hybridized carbons (Fsp3) is 0.462. The first-order valence-electron chi connectivity index (χ1n) is 6.04. The average Bonchev–Trinajstić information content (AvgIpc) is 2.41. The zero-order chi connectivity index (χ0) is 12.6. The number of carbonyl (C=O) groups excluding carboxylic acids is 1. The van der Waals surface area contributed by atoms with Gasteiger partial charge in [0, 0.05) is 25.3 Å². The molecule has 0 unspecified atom stereocenters. The molecule has 0 bridgehead atoms. The third kappa shape index (κ3) is 4.35. The molecular formula is C13H17N2O3. The van der Waals surface area contributed by atoms with E-state index in [4.69, 9.17) is 9.47 Å². The molecule has 0 spiro atoms. The van der Waals surface area contributed by atoms with E-state index in [0.29, 0.717) is 12.3 Å². The quantitative estimate of drug-likeness (QED) is 0.875. The molecule has 1 fully saturated rings. The van der Waals surface area contributed by atoms with Crippen molar-refractivity contribution in [1.82, 2.24) is 4.90 Å². The van der Waals surface area contributed by atoms with E-state index in [1.54, 1.807) is 24.3 Å². The molecule has 1 aliphatic heterocycles. The molecule has 5 heteroatoms. The standard InChI is InChI=1S/C13H17N2O3/c16-13(14-12-4-2-1-3-5-12)18-11-8-15-6-9-17-10-7-15/h2-5H,6-11H2,(H,14,16). The molecule has 1 saturated heterocycles. The van der Waals surface area contributed by atoms with Gasteiger partial charge in [0.05, 0.1) is 13.2 Å². The number of ether oxygens (including phenoxy) is 2. The number of hydrogen-bond acceptors (Lipinski definition) is 4. The molecule has 1 aliphatic rings. The van der Waals surface area contributed by atoms with Crippen molar-refractivity contribution in [3.05, 3.63) is 30.3 Å². The monoisotopic (exact) mass is 249 g/mol. The van der Waals surface area contributed by atoms with Crippen LogP contribution in [0.1, 0.15) is 0 Å². The number of carbonyl (C=O) groups is 1. The summed E-state index contributed by atoms with van der Waals surface area (Å²) in [5.74, 6) is 0. The Morgan fingerprint density at radius 2 is 2.11 bits per heavy atom. The van der Waals surface area contributed by atoms with Crippen LogP contribution in [-0.4, -0.2) is 50.4 Å². The largest absolute Gasteiger partial charge is 0.448 e. The Morgan fingerprint density at radius 3 is 2.83 bits per heavy atom. The maximum atomic E-state index is 11.5. The minimum atomic E-state index is -0.422. The Labute approximate surface area is 107 Å². The Kier molecular flexibility index (Phi) is 4.99. The summed E-state index contributed by atoms with van der Waals surface area (Å²) in [6, 6.07) is 9.89. The normalized spacial score (nSPS) is 16.2. The highest BCUT2D eigenvalue weighted by Crippen LogP contribution is 2.05. The van der Waals surface area contributed by atoms with E-state index in [9.17, 15) is 4.79 Å². The molecule has 1 radical (unpaired) electrons. The van der Waals surface area contributed by atoms with Gasteiger partial charge in [0.15, 0.2) is 0 Å². The Balaban J connectivity index is 1.62. The van der Waals surface area contributed by atoms with Crippen molar-refractivity contribution in [2.45, 2.75) is 0 Å². The molecule has 1 aromatic carbocycles. The van der Waals surface area contributed by atoms with Crippen LogP contribution in [0.2, 0.25) is 0 Å². The van der Waals surface area contributed by atoms with Crippen molar-refractivity contribution < 1.29 is 14.3 Å².